The Morgan fingerprint density at radius 2 is 2.00 bits per heavy atom. The molecule has 0 radical (unpaired) electrons. The van der Waals surface area contributed by atoms with Crippen LogP contribution in [0.15, 0.2) is 0 Å². The summed E-state index contributed by atoms with van der Waals surface area (Å²) in [6, 6.07) is 0. The lowest BCUT2D eigenvalue weighted by atomic mass is 9.80. The Bertz CT molecular complexity index is 222. The lowest BCUT2D eigenvalue weighted by Crippen LogP contribution is -2.49. The third kappa shape index (κ3) is 5.04. The largest absolute Gasteiger partial charge is 0.376 e. The standard InChI is InChI=1S/C13H26N2O2/c1-17-13(8-6-9-13)11-15-12(16)7-4-2-3-5-10-14/h2-11,14H2,1H3,(H,15,16). The SMILES string of the molecule is COC1(CNC(=O)CCCCCCN)CCC1. The van der Waals surface area contributed by atoms with E-state index >= 15 is 0 Å². The average Bonchev–Trinajstić information content (AvgIpc) is 2.28. The van der Waals surface area contributed by atoms with Gasteiger partial charge in [-0.1, -0.05) is 12.8 Å². The second-order valence-corrected chi connectivity index (χ2v) is 4.97. The number of carbonyl (C=O) groups excluding carboxylic acids is 1. The molecule has 0 unspecified atom stereocenters. The molecular formula is C13H26N2O2. The second-order valence-electron chi connectivity index (χ2n) is 4.97. The smallest absolute Gasteiger partial charge is 0.220 e. The summed E-state index contributed by atoms with van der Waals surface area (Å²) in [7, 11) is 1.73. The van der Waals surface area contributed by atoms with Crippen LogP contribution in [0.3, 0.4) is 0 Å². The highest BCUT2D eigenvalue weighted by Gasteiger charge is 2.36. The first kappa shape index (κ1) is 14.5. The van der Waals surface area contributed by atoms with Gasteiger partial charge in [0, 0.05) is 20.1 Å². The molecule has 1 amide bonds. The summed E-state index contributed by atoms with van der Waals surface area (Å²) in [5.74, 6) is 0.154. The third-order valence-corrected chi connectivity index (χ3v) is 3.66. The van der Waals surface area contributed by atoms with Crippen molar-refractivity contribution in [3.8, 4) is 0 Å². The summed E-state index contributed by atoms with van der Waals surface area (Å²) in [5, 5.41) is 2.98. The summed E-state index contributed by atoms with van der Waals surface area (Å²) < 4.78 is 5.45. The van der Waals surface area contributed by atoms with Crippen LogP contribution in [0.1, 0.15) is 51.4 Å². The minimum atomic E-state index is -0.0603. The molecule has 0 atom stereocenters. The van der Waals surface area contributed by atoms with Crippen LogP contribution < -0.4 is 11.1 Å². The number of hydrogen-bond donors (Lipinski definition) is 2. The fourth-order valence-corrected chi connectivity index (χ4v) is 2.16. The van der Waals surface area contributed by atoms with Gasteiger partial charge in [-0.05, 0) is 38.6 Å². The van der Waals surface area contributed by atoms with Crippen molar-refractivity contribution >= 4 is 5.91 Å². The zero-order valence-corrected chi connectivity index (χ0v) is 11.0. The molecular weight excluding hydrogens is 216 g/mol. The van der Waals surface area contributed by atoms with Crippen LogP contribution in [-0.4, -0.2) is 31.7 Å². The summed E-state index contributed by atoms with van der Waals surface area (Å²) in [5.41, 5.74) is 5.35. The molecule has 0 aromatic rings. The van der Waals surface area contributed by atoms with Crippen molar-refractivity contribution in [2.75, 3.05) is 20.2 Å². The molecule has 1 aliphatic carbocycles. The molecule has 0 aliphatic heterocycles. The zero-order chi connectivity index (χ0) is 12.6. The van der Waals surface area contributed by atoms with Crippen LogP contribution in [0.4, 0.5) is 0 Å². The van der Waals surface area contributed by atoms with E-state index in [0.717, 1.165) is 45.1 Å². The van der Waals surface area contributed by atoms with E-state index in [1.807, 2.05) is 0 Å². The molecule has 0 aromatic carbocycles. The molecule has 1 saturated carbocycles. The zero-order valence-electron chi connectivity index (χ0n) is 11.0. The highest BCUT2D eigenvalue weighted by molar-refractivity contribution is 5.75. The number of amides is 1. The van der Waals surface area contributed by atoms with Crippen molar-refractivity contribution in [1.29, 1.82) is 0 Å². The van der Waals surface area contributed by atoms with Crippen molar-refractivity contribution in [2.45, 2.75) is 57.0 Å². The van der Waals surface area contributed by atoms with E-state index < -0.39 is 0 Å². The van der Waals surface area contributed by atoms with Crippen molar-refractivity contribution in [2.24, 2.45) is 5.73 Å². The van der Waals surface area contributed by atoms with Gasteiger partial charge in [-0.2, -0.15) is 0 Å². The van der Waals surface area contributed by atoms with Crippen molar-refractivity contribution in [1.82, 2.24) is 5.32 Å². The molecule has 0 heterocycles. The van der Waals surface area contributed by atoms with Crippen LogP contribution >= 0.6 is 0 Å². The number of unbranched alkanes of at least 4 members (excludes halogenated alkanes) is 3. The van der Waals surface area contributed by atoms with Gasteiger partial charge in [0.2, 0.25) is 5.91 Å². The molecule has 1 fully saturated rings. The highest BCUT2D eigenvalue weighted by atomic mass is 16.5. The van der Waals surface area contributed by atoms with E-state index in [9.17, 15) is 4.79 Å². The van der Waals surface area contributed by atoms with Crippen LogP contribution in [-0.2, 0) is 9.53 Å². The number of methoxy groups -OCH3 is 1. The minimum Gasteiger partial charge on any atom is -0.376 e. The van der Waals surface area contributed by atoms with E-state index in [1.165, 1.54) is 6.42 Å². The van der Waals surface area contributed by atoms with Gasteiger partial charge in [-0.25, -0.2) is 0 Å². The Balaban J connectivity index is 2.01. The Hall–Kier alpha value is -0.610. The Morgan fingerprint density at radius 3 is 2.53 bits per heavy atom. The molecule has 100 valence electrons. The fraction of sp³-hybridized carbons (Fsp3) is 0.923. The number of nitrogens with two attached hydrogens (primary N) is 1. The van der Waals surface area contributed by atoms with Gasteiger partial charge in [-0.3, -0.25) is 4.79 Å². The summed E-state index contributed by atoms with van der Waals surface area (Å²) >= 11 is 0. The van der Waals surface area contributed by atoms with E-state index in [1.54, 1.807) is 7.11 Å². The predicted octanol–water partition coefficient (Wildman–Crippen LogP) is 1.58. The molecule has 0 bridgehead atoms. The van der Waals surface area contributed by atoms with E-state index in [2.05, 4.69) is 5.32 Å². The monoisotopic (exact) mass is 242 g/mol. The molecule has 17 heavy (non-hydrogen) atoms. The highest BCUT2D eigenvalue weighted by Crippen LogP contribution is 2.34. The normalized spacial score (nSPS) is 17.5. The Labute approximate surface area is 104 Å². The van der Waals surface area contributed by atoms with Crippen LogP contribution in [0.25, 0.3) is 0 Å². The number of carbonyl (C=O) groups is 1. The molecule has 1 rings (SSSR count). The maximum atomic E-state index is 11.6. The van der Waals surface area contributed by atoms with Gasteiger partial charge in [-0.15, -0.1) is 0 Å². The average molecular weight is 242 g/mol. The van der Waals surface area contributed by atoms with Crippen LogP contribution in [0.2, 0.25) is 0 Å². The summed E-state index contributed by atoms with van der Waals surface area (Å²) in [6.07, 6.45) is 8.24. The first-order valence-electron chi connectivity index (χ1n) is 6.74. The van der Waals surface area contributed by atoms with Crippen molar-refractivity contribution < 1.29 is 9.53 Å². The lowest BCUT2D eigenvalue weighted by Gasteiger charge is -2.40. The van der Waals surface area contributed by atoms with Gasteiger partial charge in [0.05, 0.1) is 5.60 Å². The van der Waals surface area contributed by atoms with Crippen molar-refractivity contribution in [3.63, 3.8) is 0 Å². The second kappa shape index (κ2) is 7.67. The number of nitrogens with one attached hydrogen (secondary N) is 1. The maximum Gasteiger partial charge on any atom is 0.220 e. The minimum absolute atomic E-state index is 0.0603. The number of rotatable bonds is 9. The summed E-state index contributed by atoms with van der Waals surface area (Å²) in [4.78, 5) is 11.6. The molecule has 4 nitrogen and oxygen atoms in total. The van der Waals surface area contributed by atoms with Gasteiger partial charge in [0.25, 0.3) is 0 Å². The molecule has 3 N–H and O–H groups in total. The topological polar surface area (TPSA) is 64.3 Å². The molecule has 0 spiro atoms. The number of hydrogen-bond acceptors (Lipinski definition) is 3. The predicted molar refractivity (Wildman–Crippen MR) is 68.7 cm³/mol. The first-order valence-corrected chi connectivity index (χ1v) is 6.74. The fourth-order valence-electron chi connectivity index (χ4n) is 2.16. The van der Waals surface area contributed by atoms with Crippen LogP contribution in [0, 0.1) is 0 Å². The van der Waals surface area contributed by atoms with Gasteiger partial charge < -0.3 is 15.8 Å². The van der Waals surface area contributed by atoms with Gasteiger partial charge >= 0.3 is 0 Å². The number of ether oxygens (including phenoxy) is 1. The van der Waals surface area contributed by atoms with E-state index in [-0.39, 0.29) is 11.5 Å². The Morgan fingerprint density at radius 1 is 1.29 bits per heavy atom. The first-order chi connectivity index (χ1) is 8.22. The lowest BCUT2D eigenvalue weighted by molar-refractivity contribution is -0.125. The Kier molecular flexibility index (Phi) is 6.52. The maximum absolute atomic E-state index is 11.6. The van der Waals surface area contributed by atoms with Crippen molar-refractivity contribution in [3.05, 3.63) is 0 Å². The summed E-state index contributed by atoms with van der Waals surface area (Å²) in [6.45, 7) is 1.42. The van der Waals surface area contributed by atoms with E-state index in [4.69, 9.17) is 10.5 Å². The molecule has 1 aliphatic rings. The molecule has 4 heteroatoms. The van der Waals surface area contributed by atoms with Crippen LogP contribution in [0.5, 0.6) is 0 Å². The quantitative estimate of drug-likeness (QED) is 0.603. The van der Waals surface area contributed by atoms with Gasteiger partial charge in [0.15, 0.2) is 0 Å². The van der Waals surface area contributed by atoms with Gasteiger partial charge in [0.1, 0.15) is 0 Å². The molecule has 0 aromatic heterocycles. The van der Waals surface area contributed by atoms with E-state index in [0.29, 0.717) is 13.0 Å². The molecule has 0 saturated heterocycles. The third-order valence-electron chi connectivity index (χ3n) is 3.66.